The standard InChI is InChI=1S/C20H17FN4O/c21-16-7-3-4-8-17(16)24-19-12-22-18(11-23-19)20(26)25-10-9-14-5-1-2-6-15(14)13-25/h1-8,11-12H,9-10,13H2,(H,23,24). The average molecular weight is 348 g/mol. The van der Waals surface area contributed by atoms with Crippen molar-refractivity contribution in [1.29, 1.82) is 0 Å². The second-order valence-corrected chi connectivity index (χ2v) is 6.14. The third-order valence-electron chi connectivity index (χ3n) is 4.43. The Kier molecular flexibility index (Phi) is 4.31. The Morgan fingerprint density at radius 3 is 2.54 bits per heavy atom. The second-order valence-electron chi connectivity index (χ2n) is 6.14. The van der Waals surface area contributed by atoms with Gasteiger partial charge in [0.15, 0.2) is 0 Å². The Balaban J connectivity index is 1.47. The molecule has 0 spiro atoms. The van der Waals surface area contributed by atoms with Gasteiger partial charge in [0.05, 0.1) is 18.1 Å². The number of carbonyl (C=O) groups excluding carboxylic acids is 1. The molecule has 1 aliphatic heterocycles. The number of nitrogens with one attached hydrogen (secondary N) is 1. The maximum Gasteiger partial charge on any atom is 0.274 e. The van der Waals surface area contributed by atoms with Crippen LogP contribution in [0, 0.1) is 5.82 Å². The van der Waals surface area contributed by atoms with Crippen molar-refractivity contribution in [2.24, 2.45) is 0 Å². The lowest BCUT2D eigenvalue weighted by Gasteiger charge is -2.28. The first kappa shape index (κ1) is 16.2. The molecule has 1 aliphatic rings. The van der Waals surface area contributed by atoms with Gasteiger partial charge < -0.3 is 10.2 Å². The van der Waals surface area contributed by atoms with Crippen molar-refractivity contribution < 1.29 is 9.18 Å². The molecule has 1 amide bonds. The van der Waals surface area contributed by atoms with E-state index in [1.807, 2.05) is 18.2 Å². The summed E-state index contributed by atoms with van der Waals surface area (Å²) in [6.45, 7) is 1.23. The quantitative estimate of drug-likeness (QED) is 0.786. The van der Waals surface area contributed by atoms with Crippen molar-refractivity contribution in [2.75, 3.05) is 11.9 Å². The monoisotopic (exact) mass is 348 g/mol. The lowest BCUT2D eigenvalue weighted by molar-refractivity contribution is 0.0728. The number of aromatic nitrogens is 2. The van der Waals surface area contributed by atoms with E-state index in [0.29, 0.717) is 24.6 Å². The van der Waals surface area contributed by atoms with Crippen LogP contribution in [0.25, 0.3) is 0 Å². The molecule has 0 saturated heterocycles. The van der Waals surface area contributed by atoms with Crippen LogP contribution in [0.5, 0.6) is 0 Å². The molecule has 26 heavy (non-hydrogen) atoms. The van der Waals surface area contributed by atoms with Gasteiger partial charge in [0, 0.05) is 13.1 Å². The van der Waals surface area contributed by atoms with Crippen molar-refractivity contribution in [2.45, 2.75) is 13.0 Å². The summed E-state index contributed by atoms with van der Waals surface area (Å²) in [5, 5.41) is 2.86. The third kappa shape index (κ3) is 3.26. The number of hydrogen-bond acceptors (Lipinski definition) is 4. The molecule has 0 bridgehead atoms. The topological polar surface area (TPSA) is 58.1 Å². The van der Waals surface area contributed by atoms with Gasteiger partial charge in [0.1, 0.15) is 17.3 Å². The smallest absolute Gasteiger partial charge is 0.274 e. The van der Waals surface area contributed by atoms with E-state index in [-0.39, 0.29) is 17.4 Å². The maximum atomic E-state index is 13.7. The van der Waals surface area contributed by atoms with E-state index < -0.39 is 0 Å². The van der Waals surface area contributed by atoms with Crippen LogP contribution in [0.4, 0.5) is 15.9 Å². The van der Waals surface area contributed by atoms with Crippen molar-refractivity contribution in [1.82, 2.24) is 14.9 Å². The largest absolute Gasteiger partial charge is 0.337 e. The number of amides is 1. The van der Waals surface area contributed by atoms with Crippen molar-refractivity contribution in [3.05, 3.63) is 83.6 Å². The molecule has 130 valence electrons. The first-order chi connectivity index (χ1) is 12.7. The Morgan fingerprint density at radius 2 is 1.77 bits per heavy atom. The number of para-hydroxylation sites is 1. The van der Waals surface area contributed by atoms with Gasteiger partial charge in [-0.05, 0) is 29.7 Å². The number of benzene rings is 2. The fourth-order valence-corrected chi connectivity index (χ4v) is 3.03. The van der Waals surface area contributed by atoms with Crippen LogP contribution in [-0.4, -0.2) is 27.3 Å². The van der Waals surface area contributed by atoms with Gasteiger partial charge in [0.2, 0.25) is 0 Å². The van der Waals surface area contributed by atoms with Crippen LogP contribution in [0.15, 0.2) is 60.9 Å². The van der Waals surface area contributed by atoms with Gasteiger partial charge in [-0.3, -0.25) is 4.79 Å². The average Bonchev–Trinajstić information content (AvgIpc) is 2.69. The summed E-state index contributed by atoms with van der Waals surface area (Å²) in [6.07, 6.45) is 3.70. The lowest BCUT2D eigenvalue weighted by Crippen LogP contribution is -2.36. The molecule has 0 aliphatic carbocycles. The predicted octanol–water partition coefficient (Wildman–Crippen LogP) is 3.56. The van der Waals surface area contributed by atoms with E-state index in [1.165, 1.54) is 24.0 Å². The number of rotatable bonds is 3. The molecule has 0 unspecified atom stereocenters. The van der Waals surface area contributed by atoms with E-state index in [2.05, 4.69) is 21.4 Å². The van der Waals surface area contributed by atoms with Gasteiger partial charge in [-0.2, -0.15) is 0 Å². The summed E-state index contributed by atoms with van der Waals surface area (Å²) in [5.41, 5.74) is 3.04. The maximum absolute atomic E-state index is 13.7. The summed E-state index contributed by atoms with van der Waals surface area (Å²) < 4.78 is 13.7. The minimum Gasteiger partial charge on any atom is -0.337 e. The molecule has 0 fully saturated rings. The molecular weight excluding hydrogens is 331 g/mol. The van der Waals surface area contributed by atoms with Crippen LogP contribution >= 0.6 is 0 Å². The summed E-state index contributed by atoms with van der Waals surface area (Å²) in [7, 11) is 0. The zero-order valence-electron chi connectivity index (χ0n) is 14.0. The van der Waals surface area contributed by atoms with Gasteiger partial charge in [-0.1, -0.05) is 36.4 Å². The zero-order chi connectivity index (χ0) is 17.9. The normalized spacial score (nSPS) is 13.2. The number of carbonyl (C=O) groups is 1. The molecule has 1 N–H and O–H groups in total. The molecule has 5 nitrogen and oxygen atoms in total. The summed E-state index contributed by atoms with van der Waals surface area (Å²) in [6, 6.07) is 14.5. The lowest BCUT2D eigenvalue weighted by atomic mass is 10.00. The molecule has 0 atom stereocenters. The van der Waals surface area contributed by atoms with Crippen LogP contribution < -0.4 is 5.32 Å². The molecule has 2 aromatic carbocycles. The highest BCUT2D eigenvalue weighted by Gasteiger charge is 2.22. The Bertz CT molecular complexity index is 943. The molecule has 6 heteroatoms. The highest BCUT2D eigenvalue weighted by molar-refractivity contribution is 5.92. The van der Waals surface area contributed by atoms with Crippen molar-refractivity contribution in [3.8, 4) is 0 Å². The number of fused-ring (bicyclic) bond motifs is 1. The van der Waals surface area contributed by atoms with E-state index in [4.69, 9.17) is 0 Å². The van der Waals surface area contributed by atoms with E-state index >= 15 is 0 Å². The minimum absolute atomic E-state index is 0.149. The Hall–Kier alpha value is -3.28. The predicted molar refractivity (Wildman–Crippen MR) is 96.6 cm³/mol. The van der Waals surface area contributed by atoms with Gasteiger partial charge in [0.25, 0.3) is 5.91 Å². The number of anilines is 2. The SMILES string of the molecule is O=C(c1cnc(Nc2ccccc2F)cn1)N1CCc2ccccc2C1. The first-order valence-electron chi connectivity index (χ1n) is 8.40. The van der Waals surface area contributed by atoms with Crippen molar-refractivity contribution in [3.63, 3.8) is 0 Å². The van der Waals surface area contributed by atoms with Crippen LogP contribution in [0.3, 0.4) is 0 Å². The number of hydrogen-bond donors (Lipinski definition) is 1. The number of nitrogens with zero attached hydrogens (tertiary/aromatic N) is 3. The summed E-state index contributed by atoms with van der Waals surface area (Å²) in [5.74, 6) is -0.137. The molecular formula is C20H17FN4O. The molecule has 0 saturated carbocycles. The van der Waals surface area contributed by atoms with Gasteiger partial charge >= 0.3 is 0 Å². The number of halogens is 1. The highest BCUT2D eigenvalue weighted by Crippen LogP contribution is 2.21. The Labute approximate surface area is 150 Å². The van der Waals surface area contributed by atoms with Gasteiger partial charge in [-0.15, -0.1) is 0 Å². The van der Waals surface area contributed by atoms with E-state index in [1.54, 1.807) is 23.1 Å². The summed E-state index contributed by atoms with van der Waals surface area (Å²) in [4.78, 5) is 22.8. The molecule has 3 aromatic rings. The van der Waals surface area contributed by atoms with Gasteiger partial charge in [-0.25, -0.2) is 14.4 Å². The van der Waals surface area contributed by atoms with Crippen LogP contribution in [-0.2, 0) is 13.0 Å². The van der Waals surface area contributed by atoms with E-state index in [9.17, 15) is 9.18 Å². The second kappa shape index (κ2) is 6.92. The third-order valence-corrected chi connectivity index (χ3v) is 4.43. The molecule has 4 rings (SSSR count). The highest BCUT2D eigenvalue weighted by atomic mass is 19.1. The Morgan fingerprint density at radius 1 is 1.00 bits per heavy atom. The van der Waals surface area contributed by atoms with E-state index in [0.717, 1.165) is 12.0 Å². The minimum atomic E-state index is -0.374. The molecule has 2 heterocycles. The first-order valence-corrected chi connectivity index (χ1v) is 8.40. The molecule has 1 aromatic heterocycles. The fraction of sp³-hybridized carbons (Fsp3) is 0.150. The van der Waals surface area contributed by atoms with Crippen LogP contribution in [0.2, 0.25) is 0 Å². The molecule has 0 radical (unpaired) electrons. The summed E-state index contributed by atoms with van der Waals surface area (Å²) >= 11 is 0. The fourth-order valence-electron chi connectivity index (χ4n) is 3.03. The van der Waals surface area contributed by atoms with Crippen molar-refractivity contribution >= 4 is 17.4 Å². The van der Waals surface area contributed by atoms with Crippen LogP contribution in [0.1, 0.15) is 21.6 Å². The zero-order valence-corrected chi connectivity index (χ0v) is 14.0.